The summed E-state index contributed by atoms with van der Waals surface area (Å²) in [6.45, 7) is 0. The van der Waals surface area contributed by atoms with Gasteiger partial charge in [0, 0.05) is 18.1 Å². The van der Waals surface area contributed by atoms with Crippen molar-refractivity contribution >= 4 is 63.2 Å². The first-order valence-corrected chi connectivity index (χ1v) is 14.2. The Kier molecular flexibility index (Phi) is 6.88. The number of aliphatic hydroxyl groups is 1. The number of hydrogen-bond donors (Lipinski definition) is 1. The maximum absolute atomic E-state index is 13.3. The number of ether oxygens (including phenoxy) is 3. The third-order valence-electron chi connectivity index (χ3n) is 5.05. The van der Waals surface area contributed by atoms with Gasteiger partial charge < -0.3 is 19.3 Å². The molecule has 0 bridgehead atoms. The zero-order valence-corrected chi connectivity index (χ0v) is 22.3. The quantitative estimate of drug-likeness (QED) is 0.122. The zero-order valence-electron chi connectivity index (χ0n) is 17.7. The Hall–Kier alpha value is -2.08. The SMILES string of the molecule is O=C(c1ccc(OC2(Oc3cccs3)C=CSC2)cc1)c1ccccc1OC1(I)CC=C(O)S1. The molecule has 0 aliphatic carbocycles. The molecule has 2 unspecified atom stereocenters. The van der Waals surface area contributed by atoms with Gasteiger partial charge in [0.05, 0.1) is 11.3 Å². The Balaban J connectivity index is 1.32. The first-order valence-electron chi connectivity index (χ1n) is 10.3. The molecule has 5 rings (SSSR count). The Bertz CT molecular complexity index is 1240. The first kappa shape index (κ1) is 23.7. The Morgan fingerprint density at radius 1 is 1.00 bits per heavy atom. The van der Waals surface area contributed by atoms with Crippen molar-refractivity contribution in [1.82, 2.24) is 0 Å². The van der Waals surface area contributed by atoms with Crippen LogP contribution in [0.4, 0.5) is 0 Å². The van der Waals surface area contributed by atoms with Crippen LogP contribution in [0, 0.1) is 0 Å². The highest BCUT2D eigenvalue weighted by Gasteiger charge is 2.37. The highest BCUT2D eigenvalue weighted by Crippen LogP contribution is 2.47. The van der Waals surface area contributed by atoms with E-state index in [0.717, 1.165) is 5.06 Å². The van der Waals surface area contributed by atoms with Crippen molar-refractivity contribution < 1.29 is 24.1 Å². The summed E-state index contributed by atoms with van der Waals surface area (Å²) in [7, 11) is 0. The van der Waals surface area contributed by atoms with Crippen molar-refractivity contribution in [2.75, 3.05) is 5.75 Å². The van der Waals surface area contributed by atoms with E-state index >= 15 is 0 Å². The first-order chi connectivity index (χ1) is 16.4. The van der Waals surface area contributed by atoms with Crippen molar-refractivity contribution in [3.8, 4) is 16.6 Å². The van der Waals surface area contributed by atoms with Crippen molar-refractivity contribution in [1.29, 1.82) is 0 Å². The summed E-state index contributed by atoms with van der Waals surface area (Å²) in [5.74, 6) is 0.697. The molecule has 2 aliphatic rings. The monoisotopic (exact) mass is 622 g/mol. The van der Waals surface area contributed by atoms with Crippen molar-refractivity contribution in [3.05, 3.63) is 99.8 Å². The number of carbonyl (C=O) groups is 1. The van der Waals surface area contributed by atoms with Crippen LogP contribution >= 0.6 is 57.5 Å². The van der Waals surface area contributed by atoms with Crippen LogP contribution in [0.15, 0.2) is 88.7 Å². The molecule has 0 fully saturated rings. The molecule has 174 valence electrons. The number of para-hydroxylation sites is 1. The van der Waals surface area contributed by atoms with E-state index in [-0.39, 0.29) is 10.9 Å². The van der Waals surface area contributed by atoms with Crippen LogP contribution < -0.4 is 14.2 Å². The lowest BCUT2D eigenvalue weighted by Gasteiger charge is -2.28. The van der Waals surface area contributed by atoms with Gasteiger partial charge in [-0.1, -0.05) is 12.1 Å². The summed E-state index contributed by atoms with van der Waals surface area (Å²) in [5, 5.41) is 14.7. The van der Waals surface area contributed by atoms with Crippen molar-refractivity contribution in [3.63, 3.8) is 0 Å². The second kappa shape index (κ2) is 9.88. The summed E-state index contributed by atoms with van der Waals surface area (Å²) in [6, 6.07) is 18.1. The largest absolute Gasteiger partial charge is 0.502 e. The summed E-state index contributed by atoms with van der Waals surface area (Å²) in [5.41, 5.74) is 0.988. The third kappa shape index (κ3) is 5.27. The highest BCUT2D eigenvalue weighted by molar-refractivity contribution is 14.1. The Morgan fingerprint density at radius 2 is 1.82 bits per heavy atom. The lowest BCUT2D eigenvalue weighted by Crippen LogP contribution is -2.41. The normalized spacial score (nSPS) is 23.5. The van der Waals surface area contributed by atoms with Crippen LogP contribution in [0.25, 0.3) is 0 Å². The molecule has 0 spiro atoms. The number of carbonyl (C=O) groups excluding carboxylic acids is 1. The second-order valence-corrected chi connectivity index (χ2v) is 13.1. The van der Waals surface area contributed by atoms with Crippen LogP contribution in [0.1, 0.15) is 22.3 Å². The molecule has 2 aromatic carbocycles. The van der Waals surface area contributed by atoms with Crippen molar-refractivity contribution in [2.45, 2.75) is 15.1 Å². The molecular weight excluding hydrogens is 603 g/mol. The molecule has 0 saturated carbocycles. The van der Waals surface area contributed by atoms with Gasteiger partial charge in [0.1, 0.15) is 11.5 Å². The molecule has 9 heteroatoms. The van der Waals surface area contributed by atoms with Gasteiger partial charge in [-0.15, -0.1) is 23.1 Å². The number of rotatable bonds is 8. The minimum atomic E-state index is -0.880. The van der Waals surface area contributed by atoms with Crippen LogP contribution in [0.5, 0.6) is 16.6 Å². The number of thiophene rings is 1. The molecule has 0 saturated heterocycles. The molecule has 34 heavy (non-hydrogen) atoms. The van der Waals surface area contributed by atoms with E-state index in [4.69, 9.17) is 14.2 Å². The minimum Gasteiger partial charge on any atom is -0.502 e. The molecular formula is C25H19IO5S3. The third-order valence-corrected chi connectivity index (χ3v) is 8.94. The van der Waals surface area contributed by atoms with Gasteiger partial charge in [0.15, 0.2) is 15.9 Å². The number of ketones is 1. The van der Waals surface area contributed by atoms with E-state index in [2.05, 4.69) is 22.6 Å². The number of aliphatic hydroxyl groups excluding tert-OH is 1. The van der Waals surface area contributed by atoms with Gasteiger partial charge in [-0.3, -0.25) is 4.79 Å². The van der Waals surface area contributed by atoms with Gasteiger partial charge in [0.25, 0.3) is 5.79 Å². The van der Waals surface area contributed by atoms with Crippen LogP contribution in [0.2, 0.25) is 0 Å². The molecule has 1 N–H and O–H groups in total. The van der Waals surface area contributed by atoms with E-state index in [1.54, 1.807) is 54.2 Å². The Labute approximate surface area is 223 Å². The van der Waals surface area contributed by atoms with E-state index < -0.39 is 8.73 Å². The second-order valence-electron chi connectivity index (χ2n) is 7.52. The van der Waals surface area contributed by atoms with Crippen LogP contribution in [0.3, 0.4) is 0 Å². The van der Waals surface area contributed by atoms with Gasteiger partial charge in [-0.05, 0) is 99.7 Å². The molecule has 0 radical (unpaired) electrons. The maximum Gasteiger partial charge on any atom is 0.282 e. The van der Waals surface area contributed by atoms with Gasteiger partial charge in [0.2, 0.25) is 2.94 Å². The molecule has 3 heterocycles. The summed E-state index contributed by atoms with van der Waals surface area (Å²) < 4.78 is 17.8. The summed E-state index contributed by atoms with van der Waals surface area (Å²) >= 11 is 6.53. The summed E-state index contributed by atoms with van der Waals surface area (Å²) in [4.78, 5) is 13.3. The number of halogens is 1. The molecule has 2 aliphatic heterocycles. The standard InChI is InChI=1S/C25H19IO5S3/c26-25(12-11-21(27)34-25)30-20-5-2-1-4-19(20)23(28)17-7-9-18(10-8-17)29-24(13-15-32-16-24)31-22-6-3-14-33-22/h1-11,13-15,27H,12,16H2. The number of alkyl halides is 1. The predicted octanol–water partition coefficient (Wildman–Crippen LogP) is 7.40. The smallest absolute Gasteiger partial charge is 0.282 e. The fourth-order valence-corrected chi connectivity index (χ4v) is 6.85. The lowest BCUT2D eigenvalue weighted by molar-refractivity contribution is -0.0452. The van der Waals surface area contributed by atoms with Gasteiger partial charge >= 0.3 is 0 Å². The topological polar surface area (TPSA) is 65.0 Å². The van der Waals surface area contributed by atoms with E-state index in [1.165, 1.54) is 23.1 Å². The molecule has 0 amide bonds. The van der Waals surface area contributed by atoms with Gasteiger partial charge in [-0.25, -0.2) is 0 Å². The number of benzene rings is 2. The van der Waals surface area contributed by atoms with E-state index in [0.29, 0.717) is 34.8 Å². The predicted molar refractivity (Wildman–Crippen MR) is 147 cm³/mol. The molecule has 3 aromatic rings. The maximum atomic E-state index is 13.3. The molecule has 5 nitrogen and oxygen atoms in total. The van der Waals surface area contributed by atoms with Crippen molar-refractivity contribution in [2.24, 2.45) is 0 Å². The molecule has 2 atom stereocenters. The summed E-state index contributed by atoms with van der Waals surface area (Å²) in [6.07, 6.45) is 4.17. The molecule has 1 aromatic heterocycles. The fourth-order valence-electron chi connectivity index (χ4n) is 3.45. The Morgan fingerprint density at radius 3 is 2.50 bits per heavy atom. The van der Waals surface area contributed by atoms with Crippen LogP contribution in [-0.4, -0.2) is 25.4 Å². The number of hydrogen-bond acceptors (Lipinski definition) is 8. The van der Waals surface area contributed by atoms with E-state index in [1.807, 2.05) is 41.1 Å². The minimum absolute atomic E-state index is 0.150. The van der Waals surface area contributed by atoms with E-state index in [9.17, 15) is 9.90 Å². The average Bonchev–Trinajstić information content (AvgIpc) is 3.57. The fraction of sp³-hybridized carbons (Fsp3) is 0.160. The van der Waals surface area contributed by atoms with Crippen LogP contribution in [-0.2, 0) is 0 Å². The zero-order chi connectivity index (χ0) is 23.6. The highest BCUT2D eigenvalue weighted by atomic mass is 127. The number of thioether (sulfide) groups is 2. The van der Waals surface area contributed by atoms with Gasteiger partial charge in [-0.2, -0.15) is 0 Å². The lowest BCUT2D eigenvalue weighted by atomic mass is 10.0. The average molecular weight is 623 g/mol.